The predicted octanol–water partition coefficient (Wildman–Crippen LogP) is 2.21. The van der Waals surface area contributed by atoms with Crippen molar-refractivity contribution in [2.45, 2.75) is 31.6 Å². The number of aryl methyl sites for hydroxylation is 1. The molecule has 90 valence electrons. The van der Waals surface area contributed by atoms with Gasteiger partial charge in [-0.3, -0.25) is 4.79 Å². The summed E-state index contributed by atoms with van der Waals surface area (Å²) in [5.41, 5.74) is 4.09. The zero-order valence-electron chi connectivity index (χ0n) is 9.99. The first-order valence-electron chi connectivity index (χ1n) is 6.14. The van der Waals surface area contributed by atoms with Gasteiger partial charge in [0.05, 0.1) is 20.1 Å². The molecule has 0 aromatic heterocycles. The Morgan fingerprint density at radius 1 is 1.47 bits per heavy atom. The van der Waals surface area contributed by atoms with Crippen LogP contribution in [0.5, 0.6) is 5.75 Å². The molecule has 1 atom stereocenters. The second kappa shape index (κ2) is 4.06. The number of rotatable bonds is 2. The van der Waals surface area contributed by atoms with Crippen molar-refractivity contribution in [2.75, 3.05) is 13.7 Å². The molecule has 3 rings (SSSR count). The molecule has 1 aromatic carbocycles. The third-order valence-corrected chi connectivity index (χ3v) is 3.83. The number of esters is 1. The highest BCUT2D eigenvalue weighted by molar-refractivity contribution is 5.71. The number of carbonyl (C=O) groups is 1. The summed E-state index contributed by atoms with van der Waals surface area (Å²) in [5.74, 6) is 1.23. The first-order chi connectivity index (χ1) is 8.29. The van der Waals surface area contributed by atoms with Gasteiger partial charge in [-0.25, -0.2) is 0 Å². The molecule has 3 nitrogen and oxygen atoms in total. The van der Waals surface area contributed by atoms with Gasteiger partial charge in [0, 0.05) is 12.0 Å². The summed E-state index contributed by atoms with van der Waals surface area (Å²) in [4.78, 5) is 11.4. The topological polar surface area (TPSA) is 35.5 Å². The van der Waals surface area contributed by atoms with Crippen LogP contribution in [0.1, 0.15) is 35.4 Å². The summed E-state index contributed by atoms with van der Waals surface area (Å²) in [6, 6.07) is 4.22. The quantitative estimate of drug-likeness (QED) is 0.733. The maximum absolute atomic E-state index is 11.4. The predicted molar refractivity (Wildman–Crippen MR) is 63.3 cm³/mol. The Labute approximate surface area is 101 Å². The lowest BCUT2D eigenvalue weighted by atomic mass is 9.92. The summed E-state index contributed by atoms with van der Waals surface area (Å²) in [7, 11) is 1.46. The molecule has 0 amide bonds. The van der Waals surface area contributed by atoms with Gasteiger partial charge in [0.2, 0.25) is 0 Å². The molecular weight excluding hydrogens is 216 g/mol. The van der Waals surface area contributed by atoms with Crippen molar-refractivity contribution in [3.63, 3.8) is 0 Å². The van der Waals surface area contributed by atoms with E-state index in [0.29, 0.717) is 12.3 Å². The van der Waals surface area contributed by atoms with E-state index in [1.54, 1.807) is 0 Å². The van der Waals surface area contributed by atoms with E-state index in [1.807, 2.05) is 0 Å². The minimum atomic E-state index is -0.112. The number of fused-ring (bicyclic) bond motifs is 3. The van der Waals surface area contributed by atoms with Gasteiger partial charge in [-0.05, 0) is 36.0 Å². The number of hydrogen-bond donors (Lipinski definition) is 0. The van der Waals surface area contributed by atoms with Gasteiger partial charge in [0.15, 0.2) is 0 Å². The van der Waals surface area contributed by atoms with E-state index in [1.165, 1.54) is 23.8 Å². The highest BCUT2D eigenvalue weighted by Gasteiger charge is 2.30. The fraction of sp³-hybridized carbons (Fsp3) is 0.500. The standard InChI is InChI=1S/C14H16O3/c1-16-13(15)8-10-3-2-9-4-5-12-11(14(9)10)6-7-17-12/h4-5,10H,2-3,6-8H2,1H3/t10-/m0/s1. The highest BCUT2D eigenvalue weighted by atomic mass is 16.5. The summed E-state index contributed by atoms with van der Waals surface area (Å²) in [6.07, 6.45) is 3.61. The highest BCUT2D eigenvalue weighted by Crippen LogP contribution is 2.43. The van der Waals surface area contributed by atoms with Crippen molar-refractivity contribution in [2.24, 2.45) is 0 Å². The monoisotopic (exact) mass is 232 g/mol. The molecule has 0 bridgehead atoms. The SMILES string of the molecule is COC(=O)C[C@@H]1CCc2ccc3c(c21)CCO3. The lowest BCUT2D eigenvalue weighted by molar-refractivity contribution is -0.141. The molecular formula is C14H16O3. The number of benzene rings is 1. The van der Waals surface area contributed by atoms with Crippen LogP contribution in [0, 0.1) is 0 Å². The average Bonchev–Trinajstić information content (AvgIpc) is 2.94. The summed E-state index contributed by atoms with van der Waals surface area (Å²) < 4.78 is 10.4. The van der Waals surface area contributed by atoms with E-state index >= 15 is 0 Å². The lowest BCUT2D eigenvalue weighted by Gasteiger charge is -2.13. The van der Waals surface area contributed by atoms with Crippen LogP contribution in [0.25, 0.3) is 0 Å². The van der Waals surface area contributed by atoms with Crippen LogP contribution in [0.4, 0.5) is 0 Å². The first kappa shape index (κ1) is 10.6. The average molecular weight is 232 g/mol. The van der Waals surface area contributed by atoms with Crippen LogP contribution in [-0.4, -0.2) is 19.7 Å². The fourth-order valence-corrected chi connectivity index (χ4v) is 3.04. The molecule has 3 heteroatoms. The molecule has 0 unspecified atom stereocenters. The molecule has 0 fully saturated rings. The first-order valence-corrected chi connectivity index (χ1v) is 6.14. The Morgan fingerprint density at radius 2 is 2.35 bits per heavy atom. The zero-order valence-corrected chi connectivity index (χ0v) is 9.99. The third-order valence-electron chi connectivity index (χ3n) is 3.83. The molecule has 0 saturated carbocycles. The van der Waals surface area contributed by atoms with Crippen molar-refractivity contribution in [1.82, 2.24) is 0 Å². The van der Waals surface area contributed by atoms with Gasteiger partial charge in [0.25, 0.3) is 0 Å². The minimum Gasteiger partial charge on any atom is -0.493 e. The molecule has 1 aliphatic heterocycles. The second-order valence-corrected chi connectivity index (χ2v) is 4.73. The van der Waals surface area contributed by atoms with Crippen molar-refractivity contribution >= 4 is 5.97 Å². The number of carbonyl (C=O) groups excluding carboxylic acids is 1. The van der Waals surface area contributed by atoms with Crippen molar-refractivity contribution < 1.29 is 14.3 Å². The molecule has 17 heavy (non-hydrogen) atoms. The Morgan fingerprint density at radius 3 is 3.18 bits per heavy atom. The smallest absolute Gasteiger partial charge is 0.306 e. The van der Waals surface area contributed by atoms with Crippen LogP contribution in [-0.2, 0) is 22.4 Å². The normalized spacial score (nSPS) is 20.6. The van der Waals surface area contributed by atoms with Gasteiger partial charge in [-0.2, -0.15) is 0 Å². The molecule has 0 N–H and O–H groups in total. The summed E-state index contributed by atoms with van der Waals surface area (Å²) in [6.45, 7) is 0.775. The lowest BCUT2D eigenvalue weighted by Crippen LogP contribution is -2.07. The molecule has 0 spiro atoms. The van der Waals surface area contributed by atoms with Crippen molar-refractivity contribution in [3.8, 4) is 5.75 Å². The number of hydrogen-bond acceptors (Lipinski definition) is 3. The van der Waals surface area contributed by atoms with Gasteiger partial charge in [0.1, 0.15) is 5.75 Å². The van der Waals surface area contributed by atoms with Crippen LogP contribution in [0.3, 0.4) is 0 Å². The Hall–Kier alpha value is -1.51. The van der Waals surface area contributed by atoms with Gasteiger partial charge in [-0.15, -0.1) is 0 Å². The largest absolute Gasteiger partial charge is 0.493 e. The Balaban J connectivity index is 1.95. The fourth-order valence-electron chi connectivity index (χ4n) is 3.04. The third kappa shape index (κ3) is 1.70. The molecule has 2 aliphatic rings. The van der Waals surface area contributed by atoms with Crippen LogP contribution in [0.2, 0.25) is 0 Å². The van der Waals surface area contributed by atoms with Gasteiger partial charge in [-0.1, -0.05) is 6.07 Å². The number of ether oxygens (including phenoxy) is 2. The van der Waals surface area contributed by atoms with Crippen LogP contribution < -0.4 is 4.74 Å². The van der Waals surface area contributed by atoms with E-state index in [9.17, 15) is 4.79 Å². The molecule has 1 aliphatic carbocycles. The minimum absolute atomic E-state index is 0.112. The van der Waals surface area contributed by atoms with Crippen LogP contribution >= 0.6 is 0 Å². The maximum atomic E-state index is 11.4. The maximum Gasteiger partial charge on any atom is 0.306 e. The van der Waals surface area contributed by atoms with E-state index in [2.05, 4.69) is 12.1 Å². The molecule has 0 radical (unpaired) electrons. The van der Waals surface area contributed by atoms with Gasteiger partial charge < -0.3 is 9.47 Å². The van der Waals surface area contributed by atoms with Crippen LogP contribution in [0.15, 0.2) is 12.1 Å². The van der Waals surface area contributed by atoms with E-state index in [-0.39, 0.29) is 5.97 Å². The molecule has 0 saturated heterocycles. The molecule has 1 heterocycles. The van der Waals surface area contributed by atoms with Crippen molar-refractivity contribution in [1.29, 1.82) is 0 Å². The molecule has 1 aromatic rings. The van der Waals surface area contributed by atoms with Gasteiger partial charge >= 0.3 is 5.97 Å². The second-order valence-electron chi connectivity index (χ2n) is 4.73. The van der Waals surface area contributed by atoms with Crippen molar-refractivity contribution in [3.05, 3.63) is 28.8 Å². The Kier molecular flexibility index (Phi) is 2.54. The zero-order chi connectivity index (χ0) is 11.8. The summed E-state index contributed by atoms with van der Waals surface area (Å²) in [5, 5.41) is 0. The number of methoxy groups -OCH3 is 1. The Bertz CT molecular complexity index is 465. The van der Waals surface area contributed by atoms with E-state index in [4.69, 9.17) is 9.47 Å². The van der Waals surface area contributed by atoms with E-state index in [0.717, 1.165) is 31.6 Å². The summed E-state index contributed by atoms with van der Waals surface area (Å²) >= 11 is 0. The van der Waals surface area contributed by atoms with E-state index < -0.39 is 0 Å².